The first kappa shape index (κ1) is 18.5. The molecule has 0 aliphatic rings. The lowest BCUT2D eigenvalue weighted by Crippen LogP contribution is -2.18. The molecule has 2 aromatic rings. The zero-order valence-electron chi connectivity index (χ0n) is 15.0. The molecule has 0 aliphatic carbocycles. The normalized spacial score (nSPS) is 11.5. The standard InChI is InChI=1S/C20H24N2O3/c1-5-25-17-8-6-7-15(18(17)23)13-21-22-19(24)14-9-11-16(12-10-14)20(2,3)4/h6-13,23H,5H2,1-4H3,(H,22,24)/b21-13+. The van der Waals surface area contributed by atoms with Gasteiger partial charge in [-0.15, -0.1) is 0 Å². The summed E-state index contributed by atoms with van der Waals surface area (Å²) in [7, 11) is 0. The molecule has 0 atom stereocenters. The van der Waals surface area contributed by atoms with Crippen molar-refractivity contribution in [3.8, 4) is 11.5 Å². The highest BCUT2D eigenvalue weighted by atomic mass is 16.5. The van der Waals surface area contributed by atoms with Gasteiger partial charge >= 0.3 is 0 Å². The molecule has 0 spiro atoms. The van der Waals surface area contributed by atoms with Crippen molar-refractivity contribution in [2.45, 2.75) is 33.1 Å². The van der Waals surface area contributed by atoms with Crippen LogP contribution in [0.5, 0.6) is 11.5 Å². The Morgan fingerprint density at radius 3 is 2.48 bits per heavy atom. The van der Waals surface area contributed by atoms with Crippen LogP contribution >= 0.6 is 0 Å². The van der Waals surface area contributed by atoms with Crippen LogP contribution in [0.4, 0.5) is 0 Å². The predicted octanol–water partition coefficient (Wildman–Crippen LogP) is 3.85. The van der Waals surface area contributed by atoms with Crippen LogP contribution in [0.2, 0.25) is 0 Å². The molecule has 2 aromatic carbocycles. The number of hydrazone groups is 1. The Morgan fingerprint density at radius 1 is 1.20 bits per heavy atom. The number of aromatic hydroxyl groups is 1. The number of phenols is 1. The summed E-state index contributed by atoms with van der Waals surface area (Å²) >= 11 is 0. The number of ether oxygens (including phenoxy) is 1. The molecule has 0 heterocycles. The first-order valence-corrected chi connectivity index (χ1v) is 8.21. The minimum Gasteiger partial charge on any atom is -0.504 e. The Kier molecular flexibility index (Phi) is 5.80. The second-order valence-corrected chi connectivity index (χ2v) is 6.65. The number of hydrogen-bond acceptors (Lipinski definition) is 4. The second kappa shape index (κ2) is 7.83. The average Bonchev–Trinajstić information content (AvgIpc) is 2.57. The maximum absolute atomic E-state index is 12.1. The van der Waals surface area contributed by atoms with E-state index in [9.17, 15) is 9.90 Å². The fraction of sp³-hybridized carbons (Fsp3) is 0.300. The number of nitrogens with one attached hydrogen (secondary N) is 1. The minimum absolute atomic E-state index is 0.00289. The van der Waals surface area contributed by atoms with Crippen LogP contribution in [0.15, 0.2) is 47.6 Å². The van der Waals surface area contributed by atoms with E-state index in [1.165, 1.54) is 6.21 Å². The summed E-state index contributed by atoms with van der Waals surface area (Å²) in [4.78, 5) is 12.1. The van der Waals surface area contributed by atoms with E-state index in [0.717, 1.165) is 5.56 Å². The van der Waals surface area contributed by atoms with Crippen molar-refractivity contribution in [3.05, 3.63) is 59.2 Å². The summed E-state index contributed by atoms with van der Waals surface area (Å²) in [5.74, 6) is 0.0737. The number of benzene rings is 2. The molecule has 0 bridgehead atoms. The van der Waals surface area contributed by atoms with E-state index >= 15 is 0 Å². The van der Waals surface area contributed by atoms with Gasteiger partial charge < -0.3 is 9.84 Å². The molecule has 0 aromatic heterocycles. The third kappa shape index (κ3) is 4.83. The zero-order valence-corrected chi connectivity index (χ0v) is 15.0. The van der Waals surface area contributed by atoms with Gasteiger partial charge in [0.05, 0.1) is 12.8 Å². The van der Waals surface area contributed by atoms with Crippen LogP contribution < -0.4 is 10.2 Å². The first-order chi connectivity index (χ1) is 11.8. The molecule has 0 saturated heterocycles. The second-order valence-electron chi connectivity index (χ2n) is 6.65. The monoisotopic (exact) mass is 340 g/mol. The van der Waals surface area contributed by atoms with Gasteiger partial charge in [-0.25, -0.2) is 5.43 Å². The minimum atomic E-state index is -0.308. The van der Waals surface area contributed by atoms with Gasteiger partial charge in [-0.1, -0.05) is 39.0 Å². The van der Waals surface area contributed by atoms with E-state index < -0.39 is 0 Å². The van der Waals surface area contributed by atoms with Crippen LogP contribution in [0, 0.1) is 0 Å². The van der Waals surface area contributed by atoms with E-state index in [1.807, 2.05) is 19.1 Å². The highest BCUT2D eigenvalue weighted by molar-refractivity contribution is 5.95. The first-order valence-electron chi connectivity index (χ1n) is 8.21. The molecule has 0 unspecified atom stereocenters. The van der Waals surface area contributed by atoms with Crippen molar-refractivity contribution >= 4 is 12.1 Å². The molecule has 0 saturated carbocycles. The van der Waals surface area contributed by atoms with Crippen molar-refractivity contribution in [2.75, 3.05) is 6.61 Å². The molecule has 0 fully saturated rings. The van der Waals surface area contributed by atoms with Crippen molar-refractivity contribution in [1.29, 1.82) is 0 Å². The van der Waals surface area contributed by atoms with Crippen LogP contribution in [-0.2, 0) is 5.41 Å². The lowest BCUT2D eigenvalue weighted by Gasteiger charge is -2.18. The largest absolute Gasteiger partial charge is 0.504 e. The Balaban J connectivity index is 2.05. The molecule has 1 amide bonds. The van der Waals surface area contributed by atoms with Gasteiger partial charge in [0.2, 0.25) is 0 Å². The maximum atomic E-state index is 12.1. The van der Waals surface area contributed by atoms with Crippen molar-refractivity contribution in [1.82, 2.24) is 5.43 Å². The predicted molar refractivity (Wildman–Crippen MR) is 99.5 cm³/mol. The number of rotatable bonds is 5. The summed E-state index contributed by atoms with van der Waals surface area (Å²) in [6.07, 6.45) is 1.39. The number of amides is 1. The molecule has 25 heavy (non-hydrogen) atoms. The summed E-state index contributed by atoms with van der Waals surface area (Å²) in [5.41, 5.74) is 4.65. The summed E-state index contributed by atoms with van der Waals surface area (Å²) < 4.78 is 5.31. The zero-order chi connectivity index (χ0) is 18.4. The smallest absolute Gasteiger partial charge is 0.271 e. The molecule has 5 nitrogen and oxygen atoms in total. The Bertz CT molecular complexity index is 760. The van der Waals surface area contributed by atoms with Gasteiger partial charge in [0.1, 0.15) is 0 Å². The summed E-state index contributed by atoms with van der Waals surface area (Å²) in [6.45, 7) is 8.65. The van der Waals surface area contributed by atoms with Gasteiger partial charge in [-0.05, 0) is 42.2 Å². The summed E-state index contributed by atoms with van der Waals surface area (Å²) in [5, 5.41) is 14.0. The third-order valence-corrected chi connectivity index (χ3v) is 3.71. The fourth-order valence-corrected chi connectivity index (χ4v) is 2.26. The number of nitrogens with zero attached hydrogens (tertiary/aromatic N) is 1. The third-order valence-electron chi connectivity index (χ3n) is 3.71. The number of carbonyl (C=O) groups excluding carboxylic acids is 1. The molecule has 5 heteroatoms. The molecular formula is C20H24N2O3. The van der Waals surface area contributed by atoms with Crippen LogP contribution in [0.1, 0.15) is 49.2 Å². The van der Waals surface area contributed by atoms with Crippen LogP contribution in [0.25, 0.3) is 0 Å². The quantitative estimate of drug-likeness (QED) is 0.641. The van der Waals surface area contributed by atoms with E-state index in [-0.39, 0.29) is 17.1 Å². The van der Waals surface area contributed by atoms with Crippen LogP contribution in [0.3, 0.4) is 0 Å². The van der Waals surface area contributed by atoms with E-state index in [2.05, 4.69) is 31.3 Å². The van der Waals surface area contributed by atoms with E-state index in [4.69, 9.17) is 4.74 Å². The summed E-state index contributed by atoms with van der Waals surface area (Å²) in [6, 6.07) is 12.5. The number of hydrogen-bond donors (Lipinski definition) is 2. The number of phenolic OH excluding ortho intramolecular Hbond substituents is 1. The van der Waals surface area contributed by atoms with E-state index in [0.29, 0.717) is 23.5 Å². The lowest BCUT2D eigenvalue weighted by molar-refractivity contribution is 0.0955. The number of carbonyl (C=O) groups is 1. The molecule has 0 radical (unpaired) electrons. The average molecular weight is 340 g/mol. The topological polar surface area (TPSA) is 70.9 Å². The Labute approximate surface area is 148 Å². The van der Waals surface area contributed by atoms with Crippen LogP contribution in [-0.4, -0.2) is 23.8 Å². The van der Waals surface area contributed by atoms with Crippen molar-refractivity contribution in [2.24, 2.45) is 5.10 Å². The SMILES string of the molecule is CCOc1cccc(/C=N/NC(=O)c2ccc(C(C)(C)C)cc2)c1O. The molecule has 2 rings (SSSR count). The molecular weight excluding hydrogens is 316 g/mol. The number of para-hydroxylation sites is 1. The van der Waals surface area contributed by atoms with Crippen molar-refractivity contribution in [3.63, 3.8) is 0 Å². The molecule has 2 N–H and O–H groups in total. The van der Waals surface area contributed by atoms with Gasteiger partial charge in [-0.3, -0.25) is 4.79 Å². The Hall–Kier alpha value is -2.82. The lowest BCUT2D eigenvalue weighted by atomic mass is 9.87. The Morgan fingerprint density at radius 2 is 1.88 bits per heavy atom. The fourth-order valence-electron chi connectivity index (χ4n) is 2.26. The van der Waals surface area contributed by atoms with Gasteiger partial charge in [0.15, 0.2) is 11.5 Å². The molecule has 0 aliphatic heterocycles. The van der Waals surface area contributed by atoms with Crippen molar-refractivity contribution < 1.29 is 14.6 Å². The highest BCUT2D eigenvalue weighted by Gasteiger charge is 2.14. The highest BCUT2D eigenvalue weighted by Crippen LogP contribution is 2.28. The van der Waals surface area contributed by atoms with Gasteiger partial charge in [-0.2, -0.15) is 5.10 Å². The van der Waals surface area contributed by atoms with Gasteiger partial charge in [0, 0.05) is 11.1 Å². The van der Waals surface area contributed by atoms with Gasteiger partial charge in [0.25, 0.3) is 5.91 Å². The van der Waals surface area contributed by atoms with E-state index in [1.54, 1.807) is 30.3 Å². The molecule has 132 valence electrons. The maximum Gasteiger partial charge on any atom is 0.271 e.